The Morgan fingerprint density at radius 2 is 1.52 bits per heavy atom. The van der Waals surface area contributed by atoms with Gasteiger partial charge < -0.3 is 44.5 Å². The number of hydrogen-bond acceptors (Lipinski definition) is 9. The van der Waals surface area contributed by atoms with E-state index in [0.717, 1.165) is 44.9 Å². The summed E-state index contributed by atoms with van der Waals surface area (Å²) in [7, 11) is 0. The molecular formula is C37H60F2O9. The maximum Gasteiger partial charge on any atom is 0.353 e. The number of aliphatic hydroxyl groups excluding tert-OH is 4. The van der Waals surface area contributed by atoms with E-state index < -0.39 is 66.1 Å². The Morgan fingerprint density at radius 3 is 2.17 bits per heavy atom. The number of hydrogen-bond donors (Lipinski definition) is 5. The van der Waals surface area contributed by atoms with Gasteiger partial charge in [-0.05, 0) is 111 Å². The van der Waals surface area contributed by atoms with Crippen LogP contribution < -0.4 is 0 Å². The first-order valence-corrected chi connectivity index (χ1v) is 18.5. The fourth-order valence-electron chi connectivity index (χ4n) is 13.7. The molecule has 0 aromatic carbocycles. The van der Waals surface area contributed by atoms with Crippen molar-refractivity contribution in [1.82, 2.24) is 0 Å². The number of fused-ring (bicyclic) bond motifs is 4. The molecule has 2 heterocycles. The zero-order chi connectivity index (χ0) is 35.2. The third-order valence-corrected chi connectivity index (χ3v) is 15.9. The molecule has 0 aromatic rings. The molecule has 9 nitrogen and oxygen atoms in total. The van der Waals surface area contributed by atoms with Gasteiger partial charge in [-0.1, -0.05) is 34.6 Å². The van der Waals surface area contributed by atoms with E-state index >= 15 is 0 Å². The zero-order valence-electron chi connectivity index (χ0n) is 30.0. The third-order valence-electron chi connectivity index (χ3n) is 15.9. The Balaban J connectivity index is 1.14. The third kappa shape index (κ3) is 4.77. The summed E-state index contributed by atoms with van der Waals surface area (Å²) in [6, 6.07) is 0. The predicted octanol–water partition coefficient (Wildman–Crippen LogP) is 4.39. The molecule has 0 amide bonds. The molecule has 0 bridgehead atoms. The highest BCUT2D eigenvalue weighted by Crippen LogP contribution is 2.89. The Morgan fingerprint density at radius 1 is 0.875 bits per heavy atom. The number of ether oxygens (including phenoxy) is 4. The molecule has 7 rings (SSSR count). The molecule has 2 aliphatic heterocycles. The van der Waals surface area contributed by atoms with Gasteiger partial charge in [-0.25, -0.2) is 0 Å². The van der Waals surface area contributed by atoms with Crippen LogP contribution in [0.4, 0.5) is 8.78 Å². The van der Waals surface area contributed by atoms with E-state index in [4.69, 9.17) is 18.9 Å². The van der Waals surface area contributed by atoms with E-state index in [1.54, 1.807) is 0 Å². The monoisotopic (exact) mass is 686 g/mol. The van der Waals surface area contributed by atoms with Crippen LogP contribution in [0.25, 0.3) is 0 Å². The van der Waals surface area contributed by atoms with Crippen LogP contribution in [0.15, 0.2) is 0 Å². The van der Waals surface area contributed by atoms with Crippen LogP contribution in [0.2, 0.25) is 0 Å². The second-order valence-electron chi connectivity index (χ2n) is 18.9. The molecule has 5 N–H and O–H groups in total. The second-order valence-corrected chi connectivity index (χ2v) is 18.9. The molecule has 5 aliphatic carbocycles. The van der Waals surface area contributed by atoms with Crippen molar-refractivity contribution in [1.29, 1.82) is 0 Å². The lowest BCUT2D eigenvalue weighted by Crippen LogP contribution is -2.61. The Labute approximate surface area is 284 Å². The van der Waals surface area contributed by atoms with Crippen LogP contribution in [0.3, 0.4) is 0 Å². The first-order valence-electron chi connectivity index (χ1n) is 18.5. The second kappa shape index (κ2) is 11.0. The van der Waals surface area contributed by atoms with E-state index in [1.807, 2.05) is 0 Å². The van der Waals surface area contributed by atoms with E-state index in [0.29, 0.717) is 19.3 Å². The van der Waals surface area contributed by atoms with Crippen molar-refractivity contribution >= 4 is 0 Å². The smallest absolute Gasteiger partial charge is 0.353 e. The number of halogens is 2. The Bertz CT molecular complexity index is 1250. The van der Waals surface area contributed by atoms with E-state index in [9.17, 15) is 34.3 Å². The molecule has 2 saturated heterocycles. The molecule has 17 atom stereocenters. The normalized spacial score (nSPS) is 55.1. The van der Waals surface area contributed by atoms with E-state index in [2.05, 4.69) is 34.6 Å². The quantitative estimate of drug-likeness (QED) is 0.258. The molecule has 11 heteroatoms. The predicted molar refractivity (Wildman–Crippen MR) is 171 cm³/mol. The SMILES string of the molecule is C[C@@H]1C[C@H]([C@H](OC(C)(F)F)C(C)(C)O)O[C@H]2[C@H]1[C@@]1(C)CC[C@@]34C[C@@]35CC[C@H](O[C@@H]3OC[C@@H](O)[C@H](O)[C@H]3O)C(C)(C)[C@@H]5CC[C@H]4[C@]1(C)[C@H]2O. The summed E-state index contributed by atoms with van der Waals surface area (Å²) in [5, 5.41) is 54.2. The summed E-state index contributed by atoms with van der Waals surface area (Å²) in [4.78, 5) is 0. The summed E-state index contributed by atoms with van der Waals surface area (Å²) in [6.07, 6.45) is -4.37. The van der Waals surface area contributed by atoms with Crippen LogP contribution in [-0.2, 0) is 18.9 Å². The summed E-state index contributed by atoms with van der Waals surface area (Å²) in [6.45, 7) is 14.9. The fourth-order valence-corrected chi connectivity index (χ4v) is 13.7. The lowest BCUT2D eigenvalue weighted by Gasteiger charge is -2.64. The fraction of sp³-hybridized carbons (Fsp3) is 1.00. The largest absolute Gasteiger partial charge is 0.390 e. The summed E-state index contributed by atoms with van der Waals surface area (Å²) < 4.78 is 52.3. The Kier molecular flexibility index (Phi) is 8.23. The van der Waals surface area contributed by atoms with Gasteiger partial charge >= 0.3 is 6.11 Å². The maximum absolute atomic E-state index is 14.2. The average molecular weight is 687 g/mol. The van der Waals surface area contributed by atoms with E-state index in [1.165, 1.54) is 13.8 Å². The van der Waals surface area contributed by atoms with Crippen LogP contribution in [-0.4, -0.2) is 99.0 Å². The van der Waals surface area contributed by atoms with Crippen molar-refractivity contribution in [2.75, 3.05) is 6.61 Å². The van der Waals surface area contributed by atoms with Crippen LogP contribution in [0.5, 0.6) is 0 Å². The average Bonchev–Trinajstić information content (AvgIpc) is 3.61. The van der Waals surface area contributed by atoms with Crippen LogP contribution >= 0.6 is 0 Å². The molecule has 0 unspecified atom stereocenters. The van der Waals surface area contributed by atoms with Gasteiger partial charge in [0.15, 0.2) is 6.29 Å². The summed E-state index contributed by atoms with van der Waals surface area (Å²) >= 11 is 0. The van der Waals surface area contributed by atoms with Crippen LogP contribution in [0.1, 0.15) is 107 Å². The zero-order valence-corrected chi connectivity index (χ0v) is 30.0. The van der Waals surface area contributed by atoms with Crippen molar-refractivity contribution < 1.29 is 53.3 Å². The van der Waals surface area contributed by atoms with E-state index in [-0.39, 0.29) is 52.1 Å². The van der Waals surface area contributed by atoms with Crippen molar-refractivity contribution in [2.24, 2.45) is 50.7 Å². The lowest BCUT2D eigenvalue weighted by molar-refractivity contribution is -0.311. The number of alkyl halides is 2. The number of rotatable bonds is 6. The highest BCUT2D eigenvalue weighted by molar-refractivity contribution is 5.33. The molecule has 276 valence electrons. The highest BCUT2D eigenvalue weighted by atomic mass is 19.3. The van der Waals surface area contributed by atoms with Crippen LogP contribution in [0, 0.1) is 50.7 Å². The molecule has 2 spiro atoms. The minimum Gasteiger partial charge on any atom is -0.390 e. The van der Waals surface area contributed by atoms with Crippen molar-refractivity contribution in [3.8, 4) is 0 Å². The topological polar surface area (TPSA) is 138 Å². The van der Waals surface area contributed by atoms with Gasteiger partial charge in [0.2, 0.25) is 0 Å². The first kappa shape index (κ1) is 35.9. The van der Waals surface area contributed by atoms with Crippen molar-refractivity contribution in [3.63, 3.8) is 0 Å². The molecule has 5 saturated carbocycles. The molecule has 7 fully saturated rings. The minimum absolute atomic E-state index is 0.0551. The van der Waals surface area contributed by atoms with Crippen molar-refractivity contribution in [2.45, 2.75) is 174 Å². The van der Waals surface area contributed by atoms with Gasteiger partial charge in [0.1, 0.15) is 24.4 Å². The van der Waals surface area contributed by atoms with Gasteiger partial charge in [-0.2, -0.15) is 8.78 Å². The molecular weight excluding hydrogens is 626 g/mol. The highest BCUT2D eigenvalue weighted by Gasteiger charge is 2.84. The molecule has 0 radical (unpaired) electrons. The lowest BCUT2D eigenvalue weighted by atomic mass is 9.41. The van der Waals surface area contributed by atoms with Gasteiger partial charge in [-0.3, -0.25) is 0 Å². The summed E-state index contributed by atoms with van der Waals surface area (Å²) in [5.41, 5.74) is -2.22. The number of aliphatic hydroxyl groups is 5. The summed E-state index contributed by atoms with van der Waals surface area (Å²) in [5.74, 6) is 0.797. The standard InChI is InChI=1S/C37H60F2O9/c1-18-15-20(29(32(4,5)44)48-35(8,38)39)46-27-24(18)33(6)13-14-37-17-36(37)12-11-23(47-30-26(42)25(41)19(40)16-45-30)31(2,3)21(36)9-10-22(37)34(33,7)28(27)43/h18-30,40-44H,9-17H2,1-8H3/t18-,19-,20-,21+,22+,23+,24+,25+,26-,27+,28+,29+,30+,33-,34-,36-,37+/m1/s1. The molecule has 48 heavy (non-hydrogen) atoms. The minimum atomic E-state index is -3.44. The Hall–Kier alpha value is -0.500. The first-order chi connectivity index (χ1) is 22.0. The maximum atomic E-state index is 14.2. The molecule has 0 aromatic heterocycles. The van der Waals surface area contributed by atoms with Gasteiger partial charge in [0.25, 0.3) is 0 Å². The van der Waals surface area contributed by atoms with Gasteiger partial charge in [-0.15, -0.1) is 0 Å². The van der Waals surface area contributed by atoms with Gasteiger partial charge in [0, 0.05) is 12.3 Å². The van der Waals surface area contributed by atoms with Crippen molar-refractivity contribution in [3.05, 3.63) is 0 Å². The van der Waals surface area contributed by atoms with Gasteiger partial charge in [0.05, 0.1) is 36.6 Å². The molecule has 7 aliphatic rings.